The molecular formula is C12H16ClN2NaO5S. The molecule has 1 aromatic carbocycles. The second kappa shape index (κ2) is 9.84. The molecule has 3 N–H and O–H groups in total. The summed E-state index contributed by atoms with van der Waals surface area (Å²) in [5.41, 5.74) is 0.989. The summed E-state index contributed by atoms with van der Waals surface area (Å²) in [7, 11) is -3.62. The van der Waals surface area contributed by atoms with Gasteiger partial charge in [-0.3, -0.25) is 16.6 Å². The van der Waals surface area contributed by atoms with Gasteiger partial charge in [0.05, 0.1) is 6.10 Å². The zero-order chi connectivity index (χ0) is 16.0. The van der Waals surface area contributed by atoms with Crippen LogP contribution in [0.3, 0.4) is 0 Å². The molecule has 1 saturated heterocycles. The molecule has 1 unspecified atom stereocenters. The molecule has 0 aromatic heterocycles. The van der Waals surface area contributed by atoms with Gasteiger partial charge < -0.3 is 19.8 Å². The van der Waals surface area contributed by atoms with Gasteiger partial charge in [-0.05, 0) is 32.0 Å². The third-order valence-electron chi connectivity index (χ3n) is 2.86. The molecule has 0 aliphatic carbocycles. The topological polar surface area (TPSA) is 118 Å². The zero-order valence-electron chi connectivity index (χ0n) is 12.2. The molecule has 0 radical (unpaired) electrons. The van der Waals surface area contributed by atoms with E-state index in [9.17, 15) is 13.2 Å². The molecule has 2 rings (SSSR count). The summed E-state index contributed by atoms with van der Waals surface area (Å²) in [6, 6.07) is 5.57. The maximum atomic E-state index is 11.0. The molecule has 10 heteroatoms. The number of nitrogens with one attached hydrogen (secondary N) is 1. The van der Waals surface area contributed by atoms with Crippen molar-refractivity contribution in [1.82, 2.24) is 5.32 Å². The van der Waals surface area contributed by atoms with Crippen LogP contribution in [0.4, 0.5) is 0 Å². The molecule has 1 aliphatic heterocycles. The van der Waals surface area contributed by atoms with Crippen molar-refractivity contribution in [3.8, 4) is 0 Å². The van der Waals surface area contributed by atoms with Gasteiger partial charge in [0.1, 0.15) is 16.1 Å². The molecular weight excluding hydrogens is 343 g/mol. The van der Waals surface area contributed by atoms with Gasteiger partial charge in [-0.15, -0.1) is 0 Å². The van der Waals surface area contributed by atoms with Gasteiger partial charge in [-0.2, -0.15) is 0 Å². The normalized spacial score (nSPS) is 20.5. The summed E-state index contributed by atoms with van der Waals surface area (Å²) >= 11 is 4.90. The molecule has 22 heavy (non-hydrogen) atoms. The minimum Gasteiger partial charge on any atom is -0.480 e. The Bertz CT molecular complexity index is 582. The van der Waals surface area contributed by atoms with E-state index in [2.05, 4.69) is 9.56 Å². The van der Waals surface area contributed by atoms with Crippen LogP contribution in [0.1, 0.15) is 12.0 Å². The van der Waals surface area contributed by atoms with Crippen LogP contribution in [0.25, 0.3) is 4.24 Å². The second-order valence-corrected chi connectivity index (χ2v) is 6.46. The maximum absolute atomic E-state index is 11.0. The first-order valence-electron chi connectivity index (χ1n) is 6.07. The summed E-state index contributed by atoms with van der Waals surface area (Å²) in [6.45, 7) is 2.46. The molecule has 1 fully saturated rings. The molecule has 0 spiro atoms. The average Bonchev–Trinajstić information content (AvgIpc) is 2.86. The summed E-state index contributed by atoms with van der Waals surface area (Å²) in [6.07, 6.45) is -0.167. The number of sulfonamides is 1. The van der Waals surface area contributed by atoms with E-state index in [1.165, 1.54) is 12.1 Å². The van der Waals surface area contributed by atoms with E-state index in [-0.39, 0.29) is 34.5 Å². The van der Waals surface area contributed by atoms with Crippen molar-refractivity contribution in [3.63, 3.8) is 0 Å². The van der Waals surface area contributed by atoms with Gasteiger partial charge in [0, 0.05) is 4.90 Å². The number of aliphatic hydroxyl groups excluding tert-OH is 1. The van der Waals surface area contributed by atoms with Crippen molar-refractivity contribution in [2.24, 2.45) is 0 Å². The van der Waals surface area contributed by atoms with E-state index in [1.807, 2.05) is 6.92 Å². The van der Waals surface area contributed by atoms with Crippen molar-refractivity contribution in [1.29, 1.82) is 0 Å². The Labute approximate surface area is 156 Å². The first kappa shape index (κ1) is 21.8. The molecule has 0 saturated carbocycles. The maximum Gasteiger partial charge on any atom is 1.00 e. The van der Waals surface area contributed by atoms with Gasteiger partial charge in [0.2, 0.25) is 0 Å². The van der Waals surface area contributed by atoms with E-state index >= 15 is 0 Å². The minimum atomic E-state index is -3.62. The number of halogens is 1. The molecule has 2 atom stereocenters. The number of hydrogen-bond donors (Lipinski definition) is 3. The standard InChI is InChI=1S/C7H7ClNO2S.C5H9NO3.Na/c1-6-2-4-7(5-3-6)12(10,11)9-8;7-3-1-2-6-4(3)5(8)9;/h2-5H,1H3;3-4,6-7H,1-2H2,(H,8,9);/q-1;;+1/t;3?,4-;/m.0./s1. The van der Waals surface area contributed by atoms with E-state index < -0.39 is 28.1 Å². The van der Waals surface area contributed by atoms with Crippen molar-refractivity contribution in [2.75, 3.05) is 6.54 Å². The Hall–Kier alpha value is -0.190. The average molecular weight is 359 g/mol. The Morgan fingerprint density at radius 2 is 1.91 bits per heavy atom. The number of rotatable bonds is 3. The van der Waals surface area contributed by atoms with Crippen molar-refractivity contribution < 1.29 is 53.0 Å². The summed E-state index contributed by atoms with van der Waals surface area (Å²) in [5.74, 6) is -0.972. The van der Waals surface area contributed by atoms with E-state index in [0.717, 1.165) is 5.56 Å². The van der Waals surface area contributed by atoms with Gasteiger partial charge in [-0.25, -0.2) is 8.42 Å². The summed E-state index contributed by atoms with van der Waals surface area (Å²) in [5, 5.41) is 19.9. The monoisotopic (exact) mass is 358 g/mol. The fourth-order valence-electron chi connectivity index (χ4n) is 1.69. The van der Waals surface area contributed by atoms with E-state index in [0.29, 0.717) is 13.0 Å². The third kappa shape index (κ3) is 6.51. The number of benzene rings is 1. The Morgan fingerprint density at radius 1 is 1.36 bits per heavy atom. The fourth-order valence-corrected chi connectivity index (χ4v) is 2.49. The number of aliphatic carboxylic acids is 1. The largest absolute Gasteiger partial charge is 1.00 e. The van der Waals surface area contributed by atoms with Crippen LogP contribution in [0, 0.1) is 6.92 Å². The second-order valence-electron chi connectivity index (χ2n) is 4.48. The van der Waals surface area contributed by atoms with Crippen molar-refractivity contribution in [2.45, 2.75) is 30.4 Å². The molecule has 118 valence electrons. The number of aliphatic hydroxyl groups is 1. The van der Waals surface area contributed by atoms with Gasteiger partial charge in [0.15, 0.2) is 0 Å². The first-order chi connectivity index (χ1) is 9.77. The number of carboxylic acids is 1. The predicted molar refractivity (Wildman–Crippen MR) is 77.6 cm³/mol. The van der Waals surface area contributed by atoms with Crippen LogP contribution in [-0.4, -0.2) is 43.3 Å². The fraction of sp³-hybridized carbons (Fsp3) is 0.417. The van der Waals surface area contributed by atoms with Crippen LogP contribution >= 0.6 is 11.8 Å². The quantitative estimate of drug-likeness (QED) is 0.538. The van der Waals surface area contributed by atoms with E-state index in [1.54, 1.807) is 12.1 Å². The zero-order valence-corrected chi connectivity index (χ0v) is 15.8. The molecule has 1 heterocycles. The molecule has 1 aromatic rings. The molecule has 7 nitrogen and oxygen atoms in total. The molecule has 0 bridgehead atoms. The predicted octanol–water partition coefficient (Wildman–Crippen LogP) is -1.99. The number of nitrogens with zero attached hydrogens (tertiary/aromatic N) is 1. The van der Waals surface area contributed by atoms with Crippen LogP contribution in [0.2, 0.25) is 0 Å². The minimum absolute atomic E-state index is 0. The number of hydrogen-bond acceptors (Lipinski definition) is 5. The Balaban J connectivity index is 0.000000397. The van der Waals surface area contributed by atoms with Crippen LogP contribution in [0.5, 0.6) is 0 Å². The molecule has 1 aliphatic rings. The summed E-state index contributed by atoms with van der Waals surface area (Å²) in [4.78, 5) is 10.3. The Kier molecular flexibility index (Phi) is 9.75. The van der Waals surface area contributed by atoms with Gasteiger partial charge >= 0.3 is 35.5 Å². The van der Waals surface area contributed by atoms with Crippen LogP contribution in [-0.2, 0) is 14.8 Å². The van der Waals surface area contributed by atoms with Gasteiger partial charge in [-0.1, -0.05) is 17.7 Å². The first-order valence-corrected chi connectivity index (χ1v) is 7.85. The number of aryl methyl sites for hydroxylation is 1. The number of carbonyl (C=O) groups is 1. The number of carboxylic acid groups (broad SMARTS) is 1. The van der Waals surface area contributed by atoms with Crippen LogP contribution in [0.15, 0.2) is 29.2 Å². The summed E-state index contributed by atoms with van der Waals surface area (Å²) < 4.78 is 24.8. The van der Waals surface area contributed by atoms with Crippen molar-refractivity contribution >= 4 is 27.8 Å². The van der Waals surface area contributed by atoms with Crippen LogP contribution < -0.4 is 34.9 Å². The van der Waals surface area contributed by atoms with E-state index in [4.69, 9.17) is 22.0 Å². The third-order valence-corrected chi connectivity index (χ3v) is 4.46. The smallest absolute Gasteiger partial charge is 0.480 e. The van der Waals surface area contributed by atoms with Gasteiger partial charge in [0.25, 0.3) is 0 Å². The Morgan fingerprint density at radius 3 is 2.23 bits per heavy atom. The van der Waals surface area contributed by atoms with Crippen molar-refractivity contribution in [3.05, 3.63) is 34.1 Å². The molecule has 0 amide bonds. The SMILES string of the molecule is Cc1ccc(S(=O)(=O)[N-]Cl)cc1.O=C(O)[C@H]1NCCC1O.[Na+].